The maximum absolute atomic E-state index is 8.81. The van der Waals surface area contributed by atoms with E-state index in [9.17, 15) is 0 Å². The molecule has 6 heteroatoms. The van der Waals surface area contributed by atoms with Gasteiger partial charge < -0.3 is 15.7 Å². The molecule has 0 spiro atoms. The van der Waals surface area contributed by atoms with Crippen LogP contribution in [-0.2, 0) is 12.8 Å². The van der Waals surface area contributed by atoms with Gasteiger partial charge in [-0.15, -0.1) is 5.10 Å². The number of hydrogen-bond acceptors (Lipinski definition) is 5. The quantitative estimate of drug-likeness (QED) is 0.364. The second-order valence-electron chi connectivity index (χ2n) is 5.15. The molecule has 0 aliphatic heterocycles. The van der Waals surface area contributed by atoms with Crippen LogP contribution in [0.2, 0.25) is 0 Å². The van der Waals surface area contributed by atoms with Crippen LogP contribution in [0.25, 0.3) is 0 Å². The predicted molar refractivity (Wildman–Crippen MR) is 86.0 cm³/mol. The summed E-state index contributed by atoms with van der Waals surface area (Å²) in [6.07, 6.45) is 4.33. The molecule has 0 aliphatic carbocycles. The van der Waals surface area contributed by atoms with Crippen molar-refractivity contribution in [3.63, 3.8) is 0 Å². The minimum Gasteiger partial charge on any atom is -0.396 e. The number of aliphatic hydroxyl groups is 1. The Bertz CT molecular complexity index is 475. The first-order valence-corrected chi connectivity index (χ1v) is 7.61. The van der Waals surface area contributed by atoms with E-state index in [2.05, 4.69) is 10.2 Å². The summed E-state index contributed by atoms with van der Waals surface area (Å²) in [7, 11) is 1.94. The first kappa shape index (κ1) is 17.4. The number of anilines is 1. The normalized spacial score (nSPS) is 10.7. The van der Waals surface area contributed by atoms with Gasteiger partial charge in [0.05, 0.1) is 11.3 Å². The molecule has 0 aliphatic rings. The summed E-state index contributed by atoms with van der Waals surface area (Å²) >= 11 is 0. The molecule has 1 aromatic heterocycles. The lowest BCUT2D eigenvalue weighted by atomic mass is 10.0. The highest BCUT2D eigenvalue weighted by Crippen LogP contribution is 2.23. The Labute approximate surface area is 126 Å². The van der Waals surface area contributed by atoms with E-state index in [1.165, 1.54) is 0 Å². The van der Waals surface area contributed by atoms with Gasteiger partial charge in [-0.25, -0.2) is 0 Å². The highest BCUT2D eigenvalue weighted by Gasteiger charge is 2.19. The van der Waals surface area contributed by atoms with Crippen molar-refractivity contribution < 1.29 is 5.11 Å². The standard InChI is InChI=1S/C15H27N5O/c1-4-11-12(5-2)18-19-15(13(11)14(16)17)20(3)9-7-6-8-10-21/h21H,4-10H2,1-3H3,(H3,16,17). The van der Waals surface area contributed by atoms with E-state index in [4.69, 9.17) is 16.2 Å². The minimum absolute atomic E-state index is 0.0497. The molecule has 1 aromatic rings. The van der Waals surface area contributed by atoms with E-state index in [1.807, 2.05) is 25.8 Å². The maximum atomic E-state index is 8.81. The Kier molecular flexibility index (Phi) is 7.08. The van der Waals surface area contributed by atoms with Crippen LogP contribution in [0, 0.1) is 5.41 Å². The molecule has 0 saturated carbocycles. The van der Waals surface area contributed by atoms with Crippen LogP contribution in [0.3, 0.4) is 0 Å². The number of rotatable bonds is 9. The third kappa shape index (κ3) is 4.39. The van der Waals surface area contributed by atoms with Crippen LogP contribution in [0.15, 0.2) is 0 Å². The van der Waals surface area contributed by atoms with Gasteiger partial charge in [-0.05, 0) is 37.7 Å². The van der Waals surface area contributed by atoms with Crippen molar-refractivity contribution >= 4 is 11.7 Å². The average molecular weight is 293 g/mol. The summed E-state index contributed by atoms with van der Waals surface area (Å²) in [5.74, 6) is 0.731. The first-order valence-electron chi connectivity index (χ1n) is 7.61. The van der Waals surface area contributed by atoms with E-state index in [-0.39, 0.29) is 12.4 Å². The summed E-state index contributed by atoms with van der Waals surface area (Å²) in [5, 5.41) is 25.3. The number of nitrogens with two attached hydrogens (primary N) is 1. The van der Waals surface area contributed by atoms with E-state index in [0.29, 0.717) is 11.4 Å². The van der Waals surface area contributed by atoms with Crippen molar-refractivity contribution in [2.24, 2.45) is 5.73 Å². The summed E-state index contributed by atoms with van der Waals surface area (Å²) in [4.78, 5) is 2.00. The van der Waals surface area contributed by atoms with E-state index in [0.717, 1.165) is 49.9 Å². The number of amidine groups is 1. The summed E-state index contributed by atoms with van der Waals surface area (Å²) in [6, 6.07) is 0. The van der Waals surface area contributed by atoms with Crippen molar-refractivity contribution in [2.75, 3.05) is 25.1 Å². The fourth-order valence-electron chi connectivity index (χ4n) is 2.46. The van der Waals surface area contributed by atoms with Gasteiger partial charge in [0.15, 0.2) is 5.82 Å². The van der Waals surface area contributed by atoms with Gasteiger partial charge in [-0.2, -0.15) is 5.10 Å². The Balaban J connectivity index is 3.03. The van der Waals surface area contributed by atoms with Gasteiger partial charge >= 0.3 is 0 Å². The zero-order valence-electron chi connectivity index (χ0n) is 13.3. The number of aromatic nitrogens is 2. The molecule has 118 valence electrons. The summed E-state index contributed by atoms with van der Waals surface area (Å²) < 4.78 is 0. The molecule has 0 aromatic carbocycles. The number of unbranched alkanes of at least 4 members (excludes halogenated alkanes) is 2. The molecule has 0 radical (unpaired) electrons. The number of hydrogen-bond donors (Lipinski definition) is 3. The fraction of sp³-hybridized carbons (Fsp3) is 0.667. The molecular weight excluding hydrogens is 266 g/mol. The van der Waals surface area contributed by atoms with Crippen LogP contribution < -0.4 is 10.6 Å². The van der Waals surface area contributed by atoms with Gasteiger partial charge in [0.1, 0.15) is 5.84 Å². The monoisotopic (exact) mass is 293 g/mol. The zero-order chi connectivity index (χ0) is 15.8. The van der Waals surface area contributed by atoms with Crippen LogP contribution in [0.5, 0.6) is 0 Å². The second kappa shape index (κ2) is 8.56. The highest BCUT2D eigenvalue weighted by atomic mass is 16.2. The smallest absolute Gasteiger partial charge is 0.162 e. The molecular formula is C15H27N5O. The van der Waals surface area contributed by atoms with Gasteiger partial charge in [0, 0.05) is 20.2 Å². The van der Waals surface area contributed by atoms with Crippen molar-refractivity contribution in [1.29, 1.82) is 5.41 Å². The minimum atomic E-state index is 0.0497. The maximum Gasteiger partial charge on any atom is 0.162 e. The second-order valence-corrected chi connectivity index (χ2v) is 5.15. The van der Waals surface area contributed by atoms with Gasteiger partial charge in [-0.1, -0.05) is 13.8 Å². The molecule has 21 heavy (non-hydrogen) atoms. The largest absolute Gasteiger partial charge is 0.396 e. The molecule has 1 rings (SSSR count). The lowest BCUT2D eigenvalue weighted by molar-refractivity contribution is 0.283. The topological polar surface area (TPSA) is 99.1 Å². The molecule has 0 fully saturated rings. The van der Waals surface area contributed by atoms with Crippen molar-refractivity contribution in [3.8, 4) is 0 Å². The van der Waals surface area contributed by atoms with Crippen LogP contribution in [0.4, 0.5) is 5.82 Å². The number of nitrogens with zero attached hydrogens (tertiary/aromatic N) is 3. The zero-order valence-corrected chi connectivity index (χ0v) is 13.3. The van der Waals surface area contributed by atoms with Gasteiger partial charge in [-0.3, -0.25) is 5.41 Å². The Morgan fingerprint density at radius 3 is 2.43 bits per heavy atom. The van der Waals surface area contributed by atoms with Crippen LogP contribution >= 0.6 is 0 Å². The number of nitrogen functional groups attached to an aromatic ring is 1. The fourth-order valence-corrected chi connectivity index (χ4v) is 2.46. The molecule has 0 unspecified atom stereocenters. The highest BCUT2D eigenvalue weighted by molar-refractivity contribution is 6.01. The third-order valence-corrected chi connectivity index (χ3v) is 3.61. The summed E-state index contributed by atoms with van der Waals surface area (Å²) in [5.41, 5.74) is 8.44. The lowest BCUT2D eigenvalue weighted by Crippen LogP contribution is -2.27. The molecule has 0 saturated heterocycles. The first-order chi connectivity index (χ1) is 10.1. The number of aryl methyl sites for hydroxylation is 1. The number of aliphatic hydroxyl groups excluding tert-OH is 1. The van der Waals surface area contributed by atoms with Gasteiger partial charge in [0.2, 0.25) is 0 Å². The van der Waals surface area contributed by atoms with Crippen LogP contribution in [-0.4, -0.2) is 41.3 Å². The molecule has 6 nitrogen and oxygen atoms in total. The predicted octanol–water partition coefficient (Wildman–Crippen LogP) is 1.48. The van der Waals surface area contributed by atoms with E-state index >= 15 is 0 Å². The molecule has 1 heterocycles. The third-order valence-electron chi connectivity index (χ3n) is 3.61. The van der Waals surface area contributed by atoms with Gasteiger partial charge in [0.25, 0.3) is 0 Å². The Morgan fingerprint density at radius 2 is 1.90 bits per heavy atom. The average Bonchev–Trinajstić information content (AvgIpc) is 2.49. The Morgan fingerprint density at radius 1 is 1.19 bits per heavy atom. The molecule has 0 atom stereocenters. The lowest BCUT2D eigenvalue weighted by Gasteiger charge is -2.22. The molecule has 0 amide bonds. The van der Waals surface area contributed by atoms with E-state index in [1.54, 1.807) is 0 Å². The SMILES string of the molecule is CCc1nnc(N(C)CCCCCO)c(C(=N)N)c1CC. The van der Waals surface area contributed by atoms with Crippen molar-refractivity contribution in [1.82, 2.24) is 10.2 Å². The van der Waals surface area contributed by atoms with Crippen molar-refractivity contribution in [3.05, 3.63) is 16.8 Å². The van der Waals surface area contributed by atoms with Crippen molar-refractivity contribution in [2.45, 2.75) is 46.0 Å². The Hall–Kier alpha value is -1.69. The molecule has 0 bridgehead atoms. The van der Waals surface area contributed by atoms with E-state index < -0.39 is 0 Å². The molecule has 4 N–H and O–H groups in total. The number of nitrogens with one attached hydrogen (secondary N) is 1. The van der Waals surface area contributed by atoms with Crippen LogP contribution in [0.1, 0.15) is 49.9 Å². The summed E-state index contributed by atoms with van der Waals surface area (Å²) in [6.45, 7) is 5.12.